The van der Waals surface area contributed by atoms with Crippen LogP contribution in [0.1, 0.15) is 22.8 Å². The minimum atomic E-state index is -0.530. The van der Waals surface area contributed by atoms with Crippen LogP contribution in [0.25, 0.3) is 0 Å². The number of carbonyl (C=O) groups excluding carboxylic acids is 1. The zero-order valence-corrected chi connectivity index (χ0v) is 12.4. The number of rotatable bonds is 4. The van der Waals surface area contributed by atoms with Crippen LogP contribution in [0.4, 0.5) is 15.9 Å². The third-order valence-electron chi connectivity index (χ3n) is 3.23. The number of hydrogen-bond acceptors (Lipinski definition) is 3. The van der Waals surface area contributed by atoms with Crippen molar-refractivity contribution in [1.29, 1.82) is 0 Å². The Morgan fingerprint density at radius 2 is 2.00 bits per heavy atom. The number of hydrogen-bond donors (Lipinski definition) is 1. The molecular weight excluding hydrogens is 269 g/mol. The molecule has 4 nitrogen and oxygen atoms in total. The Bertz CT molecular complexity index is 640. The van der Waals surface area contributed by atoms with Gasteiger partial charge in [0.05, 0.1) is 11.8 Å². The number of amides is 1. The average molecular weight is 287 g/mol. The Hall–Kier alpha value is -2.43. The minimum Gasteiger partial charge on any atom is -0.372 e. The third kappa shape index (κ3) is 3.18. The van der Waals surface area contributed by atoms with Crippen molar-refractivity contribution in [1.82, 2.24) is 4.98 Å². The number of carbonyl (C=O) groups is 1. The quantitative estimate of drug-likeness (QED) is 0.939. The maximum atomic E-state index is 13.4. The van der Waals surface area contributed by atoms with E-state index >= 15 is 0 Å². The summed E-state index contributed by atoms with van der Waals surface area (Å²) in [6.07, 6.45) is 1.09. The molecule has 5 heteroatoms. The van der Waals surface area contributed by atoms with Crippen LogP contribution in [-0.2, 0) is 0 Å². The fourth-order valence-electron chi connectivity index (χ4n) is 2.12. The summed E-state index contributed by atoms with van der Waals surface area (Å²) in [5.74, 6) is -0.443. The first-order valence-corrected chi connectivity index (χ1v) is 6.78. The summed E-state index contributed by atoms with van der Waals surface area (Å²) in [7, 11) is 1.65. The number of halogens is 1. The van der Waals surface area contributed by atoms with Crippen molar-refractivity contribution in [2.75, 3.05) is 23.8 Å². The Balaban J connectivity index is 2.41. The van der Waals surface area contributed by atoms with Gasteiger partial charge in [-0.25, -0.2) is 9.37 Å². The molecule has 0 aliphatic rings. The van der Waals surface area contributed by atoms with Gasteiger partial charge in [-0.1, -0.05) is 17.7 Å². The lowest BCUT2D eigenvalue weighted by atomic mass is 10.1. The molecule has 1 amide bonds. The number of benzene rings is 1. The molecular formula is C16H18FN3O. The van der Waals surface area contributed by atoms with E-state index in [9.17, 15) is 9.18 Å². The summed E-state index contributed by atoms with van der Waals surface area (Å²) < 4.78 is 13.4. The lowest BCUT2D eigenvalue weighted by Gasteiger charge is -2.22. The molecule has 0 unspecified atom stereocenters. The zero-order chi connectivity index (χ0) is 15.4. The molecule has 0 aliphatic carbocycles. The molecule has 0 spiro atoms. The van der Waals surface area contributed by atoms with Crippen LogP contribution in [0.2, 0.25) is 0 Å². The van der Waals surface area contributed by atoms with E-state index in [1.807, 2.05) is 38.1 Å². The van der Waals surface area contributed by atoms with Gasteiger partial charge in [0.25, 0.3) is 5.91 Å². The van der Waals surface area contributed by atoms with Crippen molar-refractivity contribution in [3.8, 4) is 0 Å². The molecule has 21 heavy (non-hydrogen) atoms. The summed E-state index contributed by atoms with van der Waals surface area (Å²) in [6.45, 7) is 4.35. The summed E-state index contributed by atoms with van der Waals surface area (Å²) in [5, 5.41) is 2.82. The molecule has 1 heterocycles. The molecule has 0 fully saturated rings. The van der Waals surface area contributed by atoms with Crippen molar-refractivity contribution in [2.24, 2.45) is 0 Å². The minimum absolute atomic E-state index is 0.222. The summed E-state index contributed by atoms with van der Waals surface area (Å²) in [4.78, 5) is 18.2. The smallest absolute Gasteiger partial charge is 0.262 e. The van der Waals surface area contributed by atoms with Gasteiger partial charge in [-0.15, -0.1) is 0 Å². The van der Waals surface area contributed by atoms with Crippen molar-refractivity contribution in [3.63, 3.8) is 0 Å². The van der Waals surface area contributed by atoms with Gasteiger partial charge in [-0.05, 0) is 32.0 Å². The Morgan fingerprint density at radius 1 is 1.33 bits per heavy atom. The van der Waals surface area contributed by atoms with Crippen LogP contribution in [0.5, 0.6) is 0 Å². The highest BCUT2D eigenvalue weighted by Crippen LogP contribution is 2.21. The summed E-state index contributed by atoms with van der Waals surface area (Å²) in [6, 6.07) is 8.84. The van der Waals surface area contributed by atoms with E-state index in [-0.39, 0.29) is 11.5 Å². The second kappa shape index (κ2) is 6.35. The Morgan fingerprint density at radius 3 is 2.57 bits per heavy atom. The molecule has 0 aliphatic heterocycles. The normalized spacial score (nSPS) is 10.3. The van der Waals surface area contributed by atoms with E-state index in [4.69, 9.17) is 0 Å². The van der Waals surface area contributed by atoms with Gasteiger partial charge in [-0.3, -0.25) is 4.79 Å². The topological polar surface area (TPSA) is 45.2 Å². The predicted octanol–water partition coefficient (Wildman–Crippen LogP) is 3.24. The first-order chi connectivity index (χ1) is 10.1. The van der Waals surface area contributed by atoms with Crippen molar-refractivity contribution < 1.29 is 9.18 Å². The van der Waals surface area contributed by atoms with Crippen molar-refractivity contribution >= 4 is 17.4 Å². The van der Waals surface area contributed by atoms with Gasteiger partial charge >= 0.3 is 0 Å². The Labute approximate surface area is 123 Å². The fraction of sp³-hybridized carbons (Fsp3) is 0.250. The molecule has 0 atom stereocenters. The molecule has 0 saturated carbocycles. The number of nitrogens with one attached hydrogen (secondary N) is 1. The van der Waals surface area contributed by atoms with Gasteiger partial charge in [0.15, 0.2) is 0 Å². The molecule has 1 aromatic carbocycles. The second-order valence-corrected chi connectivity index (χ2v) is 4.68. The van der Waals surface area contributed by atoms with E-state index < -0.39 is 5.82 Å². The molecule has 110 valence electrons. The van der Waals surface area contributed by atoms with E-state index in [1.54, 1.807) is 11.9 Å². The maximum absolute atomic E-state index is 13.4. The molecule has 2 rings (SSSR count). The standard InChI is InChI=1S/C16H18FN3O/c1-4-20(13-7-5-11(2)6-8-13)16(21)14-9-12(17)10-19-15(14)18-3/h5-10H,4H2,1-3H3,(H,18,19). The van der Waals surface area contributed by atoms with E-state index in [0.29, 0.717) is 12.4 Å². The van der Waals surface area contributed by atoms with Gasteiger partial charge < -0.3 is 10.2 Å². The fourth-order valence-corrected chi connectivity index (χ4v) is 2.12. The van der Waals surface area contributed by atoms with Crippen LogP contribution < -0.4 is 10.2 Å². The second-order valence-electron chi connectivity index (χ2n) is 4.68. The van der Waals surface area contributed by atoms with E-state index in [2.05, 4.69) is 10.3 Å². The van der Waals surface area contributed by atoms with Crippen LogP contribution in [-0.4, -0.2) is 24.5 Å². The zero-order valence-electron chi connectivity index (χ0n) is 12.4. The highest BCUT2D eigenvalue weighted by atomic mass is 19.1. The largest absolute Gasteiger partial charge is 0.372 e. The molecule has 0 saturated heterocycles. The van der Waals surface area contributed by atoms with Crippen LogP contribution in [0, 0.1) is 12.7 Å². The van der Waals surface area contributed by atoms with Crippen LogP contribution >= 0.6 is 0 Å². The lowest BCUT2D eigenvalue weighted by molar-refractivity contribution is 0.0988. The van der Waals surface area contributed by atoms with Gasteiger partial charge in [0, 0.05) is 19.3 Å². The number of pyridine rings is 1. The maximum Gasteiger partial charge on any atom is 0.262 e. The van der Waals surface area contributed by atoms with E-state index in [0.717, 1.165) is 17.4 Å². The number of aryl methyl sites for hydroxylation is 1. The lowest BCUT2D eigenvalue weighted by Crippen LogP contribution is -2.31. The average Bonchev–Trinajstić information content (AvgIpc) is 2.49. The first kappa shape index (κ1) is 15.0. The molecule has 0 bridgehead atoms. The number of aromatic nitrogens is 1. The van der Waals surface area contributed by atoms with Gasteiger partial charge in [0.1, 0.15) is 11.6 Å². The highest BCUT2D eigenvalue weighted by molar-refractivity contribution is 6.09. The SMILES string of the molecule is CCN(C(=O)c1cc(F)cnc1NC)c1ccc(C)cc1. The van der Waals surface area contributed by atoms with Crippen LogP contribution in [0.15, 0.2) is 36.5 Å². The van der Waals surface area contributed by atoms with Crippen molar-refractivity contribution in [2.45, 2.75) is 13.8 Å². The number of anilines is 2. The van der Waals surface area contributed by atoms with Crippen molar-refractivity contribution in [3.05, 3.63) is 53.5 Å². The first-order valence-electron chi connectivity index (χ1n) is 6.78. The third-order valence-corrected chi connectivity index (χ3v) is 3.23. The monoisotopic (exact) mass is 287 g/mol. The molecule has 1 N–H and O–H groups in total. The Kier molecular flexibility index (Phi) is 4.52. The highest BCUT2D eigenvalue weighted by Gasteiger charge is 2.20. The van der Waals surface area contributed by atoms with Gasteiger partial charge in [0.2, 0.25) is 0 Å². The summed E-state index contributed by atoms with van der Waals surface area (Å²) >= 11 is 0. The molecule has 0 radical (unpaired) electrons. The number of nitrogens with zero attached hydrogens (tertiary/aromatic N) is 2. The molecule has 2 aromatic rings. The molecule has 1 aromatic heterocycles. The predicted molar refractivity (Wildman–Crippen MR) is 82.3 cm³/mol. The summed E-state index contributed by atoms with van der Waals surface area (Å²) in [5.41, 5.74) is 2.12. The van der Waals surface area contributed by atoms with Gasteiger partial charge in [-0.2, -0.15) is 0 Å². The van der Waals surface area contributed by atoms with E-state index in [1.165, 1.54) is 6.07 Å². The van der Waals surface area contributed by atoms with Crippen LogP contribution in [0.3, 0.4) is 0 Å².